The lowest BCUT2D eigenvalue weighted by atomic mass is 10.2. The molecule has 0 saturated heterocycles. The molecule has 21 heavy (non-hydrogen) atoms. The fourth-order valence-electron chi connectivity index (χ4n) is 1.37. The Hall–Kier alpha value is -2.13. The number of halogens is 5. The van der Waals surface area contributed by atoms with E-state index in [9.17, 15) is 26.7 Å². The molecule has 0 radical (unpaired) electrons. The van der Waals surface area contributed by atoms with Crippen LogP contribution in [0.25, 0.3) is 0 Å². The maximum absolute atomic E-state index is 12.8. The molecule has 0 atom stereocenters. The zero-order valence-corrected chi connectivity index (χ0v) is 10.8. The molecule has 0 aliphatic carbocycles. The molecule has 10 heteroatoms. The summed E-state index contributed by atoms with van der Waals surface area (Å²) in [5.74, 6) is -3.08. The molecular formula is C11H10F5NO4. The van der Waals surface area contributed by atoms with Crippen LogP contribution >= 0.6 is 0 Å². The van der Waals surface area contributed by atoms with E-state index in [1.807, 2.05) is 0 Å². The van der Waals surface area contributed by atoms with Crippen molar-refractivity contribution in [3.05, 3.63) is 17.3 Å². The standard InChI is InChI=1S/C11H10F5NO4/c1-3-20-10(18)5-4-6(21-11(14,15)16)9(19-2)17-7(5)8(12)13/h4,8H,3H2,1-2H3. The zero-order valence-electron chi connectivity index (χ0n) is 10.8. The number of methoxy groups -OCH3 is 1. The molecule has 0 spiro atoms. The van der Waals surface area contributed by atoms with Crippen molar-refractivity contribution in [2.24, 2.45) is 0 Å². The van der Waals surface area contributed by atoms with Gasteiger partial charge in [0.05, 0.1) is 19.3 Å². The molecule has 5 nitrogen and oxygen atoms in total. The Morgan fingerprint density at radius 2 is 2.00 bits per heavy atom. The Kier molecular flexibility index (Phi) is 5.28. The zero-order chi connectivity index (χ0) is 16.2. The summed E-state index contributed by atoms with van der Waals surface area (Å²) in [6, 6.07) is 0.457. The summed E-state index contributed by atoms with van der Waals surface area (Å²) in [7, 11) is 0.921. The van der Waals surface area contributed by atoms with Gasteiger partial charge in [-0.05, 0) is 6.92 Å². The van der Waals surface area contributed by atoms with Gasteiger partial charge in [0.15, 0.2) is 5.75 Å². The fourth-order valence-corrected chi connectivity index (χ4v) is 1.37. The van der Waals surface area contributed by atoms with E-state index in [0.29, 0.717) is 6.07 Å². The third-order valence-electron chi connectivity index (χ3n) is 2.11. The van der Waals surface area contributed by atoms with E-state index in [-0.39, 0.29) is 6.61 Å². The predicted molar refractivity (Wildman–Crippen MR) is 58.4 cm³/mol. The normalized spacial score (nSPS) is 11.4. The number of carbonyl (C=O) groups excluding carboxylic acids is 1. The quantitative estimate of drug-likeness (QED) is 0.617. The summed E-state index contributed by atoms with van der Waals surface area (Å²) < 4.78 is 74.9. The third-order valence-corrected chi connectivity index (χ3v) is 2.11. The van der Waals surface area contributed by atoms with E-state index >= 15 is 0 Å². The maximum Gasteiger partial charge on any atom is 0.573 e. The molecule has 0 amide bonds. The van der Waals surface area contributed by atoms with Gasteiger partial charge < -0.3 is 14.2 Å². The monoisotopic (exact) mass is 315 g/mol. The SMILES string of the molecule is CCOC(=O)c1cc(OC(F)(F)F)c(OC)nc1C(F)F. The molecule has 0 aliphatic heterocycles. The smallest absolute Gasteiger partial charge is 0.478 e. The number of esters is 1. The average Bonchev–Trinajstić information content (AvgIpc) is 2.36. The molecular weight excluding hydrogens is 305 g/mol. The Morgan fingerprint density at radius 1 is 1.38 bits per heavy atom. The van der Waals surface area contributed by atoms with Crippen LogP contribution in [0.15, 0.2) is 6.07 Å². The van der Waals surface area contributed by atoms with Crippen molar-refractivity contribution in [1.29, 1.82) is 0 Å². The molecule has 118 valence electrons. The molecule has 0 N–H and O–H groups in total. The van der Waals surface area contributed by atoms with Crippen LogP contribution in [0, 0.1) is 0 Å². The van der Waals surface area contributed by atoms with Crippen molar-refractivity contribution in [2.75, 3.05) is 13.7 Å². The van der Waals surface area contributed by atoms with E-state index in [0.717, 1.165) is 7.11 Å². The summed E-state index contributed by atoms with van der Waals surface area (Å²) in [6.07, 6.45) is -8.31. The minimum atomic E-state index is -5.10. The maximum atomic E-state index is 12.8. The molecule has 1 heterocycles. The van der Waals surface area contributed by atoms with E-state index in [4.69, 9.17) is 0 Å². The lowest BCUT2D eigenvalue weighted by Crippen LogP contribution is -2.19. The molecule has 0 fully saturated rings. The van der Waals surface area contributed by atoms with Crippen LogP contribution in [0.1, 0.15) is 29.4 Å². The predicted octanol–water partition coefficient (Wildman–Crippen LogP) is 3.10. The molecule has 1 rings (SSSR count). The van der Waals surface area contributed by atoms with Gasteiger partial charge in [-0.3, -0.25) is 0 Å². The minimum Gasteiger partial charge on any atom is -0.478 e. The second-order valence-electron chi connectivity index (χ2n) is 3.50. The highest BCUT2D eigenvalue weighted by Crippen LogP contribution is 2.35. The first-order valence-corrected chi connectivity index (χ1v) is 5.49. The second-order valence-corrected chi connectivity index (χ2v) is 3.50. The Labute approximate surface area is 115 Å². The molecule has 1 aromatic heterocycles. The molecule has 0 bridgehead atoms. The highest BCUT2D eigenvalue weighted by molar-refractivity contribution is 5.91. The van der Waals surface area contributed by atoms with Gasteiger partial charge in [-0.1, -0.05) is 0 Å². The van der Waals surface area contributed by atoms with Crippen LogP contribution in [-0.4, -0.2) is 31.0 Å². The van der Waals surface area contributed by atoms with Crippen LogP contribution in [0.2, 0.25) is 0 Å². The Balaban J connectivity index is 3.38. The van der Waals surface area contributed by atoms with Crippen LogP contribution in [0.5, 0.6) is 11.6 Å². The number of hydrogen-bond donors (Lipinski definition) is 0. The lowest BCUT2D eigenvalue weighted by molar-refractivity contribution is -0.275. The summed E-state index contributed by atoms with van der Waals surface area (Å²) >= 11 is 0. The van der Waals surface area contributed by atoms with Crippen molar-refractivity contribution in [3.8, 4) is 11.6 Å². The largest absolute Gasteiger partial charge is 0.573 e. The number of hydrogen-bond acceptors (Lipinski definition) is 5. The first-order chi connectivity index (χ1) is 9.69. The van der Waals surface area contributed by atoms with Gasteiger partial charge in [-0.15, -0.1) is 13.2 Å². The molecule has 1 aromatic rings. The van der Waals surface area contributed by atoms with Crippen LogP contribution < -0.4 is 9.47 Å². The van der Waals surface area contributed by atoms with E-state index < -0.39 is 41.6 Å². The van der Waals surface area contributed by atoms with Gasteiger partial charge in [0.2, 0.25) is 0 Å². The number of pyridine rings is 1. The summed E-state index contributed by atoms with van der Waals surface area (Å²) in [6.45, 7) is 1.26. The molecule has 0 aliphatic rings. The van der Waals surface area contributed by atoms with E-state index in [1.54, 1.807) is 0 Å². The summed E-state index contributed by atoms with van der Waals surface area (Å²) in [5, 5.41) is 0. The van der Waals surface area contributed by atoms with Crippen LogP contribution in [0.3, 0.4) is 0 Å². The van der Waals surface area contributed by atoms with Gasteiger partial charge in [-0.25, -0.2) is 18.6 Å². The molecule has 0 unspecified atom stereocenters. The Bertz CT molecular complexity index is 518. The molecule has 0 aromatic carbocycles. The topological polar surface area (TPSA) is 57.7 Å². The summed E-state index contributed by atoms with van der Waals surface area (Å²) in [5.41, 5.74) is -1.88. The number of nitrogens with zero attached hydrogens (tertiary/aromatic N) is 1. The summed E-state index contributed by atoms with van der Waals surface area (Å²) in [4.78, 5) is 14.7. The highest BCUT2D eigenvalue weighted by atomic mass is 19.4. The fraction of sp³-hybridized carbons (Fsp3) is 0.455. The van der Waals surface area contributed by atoms with Gasteiger partial charge >= 0.3 is 12.3 Å². The van der Waals surface area contributed by atoms with Crippen molar-refractivity contribution in [1.82, 2.24) is 4.98 Å². The lowest BCUT2D eigenvalue weighted by Gasteiger charge is -2.15. The van der Waals surface area contributed by atoms with E-state index in [1.165, 1.54) is 6.92 Å². The highest BCUT2D eigenvalue weighted by Gasteiger charge is 2.35. The van der Waals surface area contributed by atoms with Crippen LogP contribution in [0.4, 0.5) is 22.0 Å². The minimum absolute atomic E-state index is 0.150. The number of rotatable bonds is 5. The average molecular weight is 315 g/mol. The third kappa shape index (κ3) is 4.43. The first kappa shape index (κ1) is 16.9. The van der Waals surface area contributed by atoms with Gasteiger partial charge in [0, 0.05) is 6.07 Å². The number of alkyl halides is 5. The van der Waals surface area contributed by atoms with Crippen molar-refractivity contribution >= 4 is 5.97 Å². The number of ether oxygens (including phenoxy) is 3. The van der Waals surface area contributed by atoms with Crippen molar-refractivity contribution < 1.29 is 41.0 Å². The number of aromatic nitrogens is 1. The molecule has 0 saturated carbocycles. The van der Waals surface area contributed by atoms with Gasteiger partial charge in [-0.2, -0.15) is 0 Å². The van der Waals surface area contributed by atoms with Gasteiger partial charge in [0.1, 0.15) is 5.69 Å². The van der Waals surface area contributed by atoms with Gasteiger partial charge in [0.25, 0.3) is 12.3 Å². The Morgan fingerprint density at radius 3 is 2.43 bits per heavy atom. The number of carbonyl (C=O) groups is 1. The van der Waals surface area contributed by atoms with Crippen molar-refractivity contribution in [3.63, 3.8) is 0 Å². The van der Waals surface area contributed by atoms with E-state index in [2.05, 4.69) is 19.2 Å². The van der Waals surface area contributed by atoms with Crippen molar-refractivity contribution in [2.45, 2.75) is 19.7 Å². The first-order valence-electron chi connectivity index (χ1n) is 5.49. The van der Waals surface area contributed by atoms with Crippen LogP contribution in [-0.2, 0) is 4.74 Å². The second kappa shape index (κ2) is 6.55.